The SMILES string of the molecule is C=CCn1c(=NC(=O)c2cc(Cl)ccc2Cl)sc2cc(F)cc(F)c21. The minimum atomic E-state index is -0.734. The van der Waals surface area contributed by atoms with E-state index in [2.05, 4.69) is 11.6 Å². The van der Waals surface area contributed by atoms with Crippen molar-refractivity contribution in [2.75, 3.05) is 0 Å². The van der Waals surface area contributed by atoms with Crippen LogP contribution < -0.4 is 4.80 Å². The van der Waals surface area contributed by atoms with Gasteiger partial charge in [0.15, 0.2) is 10.6 Å². The van der Waals surface area contributed by atoms with Crippen LogP contribution in [-0.2, 0) is 6.54 Å². The number of rotatable bonds is 3. The van der Waals surface area contributed by atoms with E-state index in [4.69, 9.17) is 23.2 Å². The molecule has 0 aliphatic rings. The van der Waals surface area contributed by atoms with Crippen molar-refractivity contribution in [2.45, 2.75) is 6.54 Å². The first-order chi connectivity index (χ1) is 11.9. The van der Waals surface area contributed by atoms with Gasteiger partial charge < -0.3 is 4.57 Å². The fraction of sp³-hybridized carbons (Fsp3) is 0.0588. The molecule has 3 nitrogen and oxygen atoms in total. The molecular formula is C17H10Cl2F2N2OS. The molecule has 0 unspecified atom stereocenters. The minimum absolute atomic E-state index is 0.128. The first kappa shape index (κ1) is 17.8. The van der Waals surface area contributed by atoms with Crippen LogP contribution in [0.15, 0.2) is 48.0 Å². The molecule has 128 valence electrons. The lowest BCUT2D eigenvalue weighted by molar-refractivity contribution is 0.0998. The molecule has 8 heteroatoms. The quantitative estimate of drug-likeness (QED) is 0.557. The smallest absolute Gasteiger partial charge is 0.281 e. The van der Waals surface area contributed by atoms with Gasteiger partial charge in [0.2, 0.25) is 0 Å². The van der Waals surface area contributed by atoms with Crippen molar-refractivity contribution in [1.82, 2.24) is 4.57 Å². The normalized spacial score (nSPS) is 11.9. The molecule has 0 saturated heterocycles. The summed E-state index contributed by atoms with van der Waals surface area (Å²) in [5.41, 5.74) is 0.290. The number of amides is 1. The molecule has 25 heavy (non-hydrogen) atoms. The number of nitrogens with zero attached hydrogens (tertiary/aromatic N) is 2. The Morgan fingerprint density at radius 1 is 1.28 bits per heavy atom. The zero-order chi connectivity index (χ0) is 18.1. The number of allylic oxidation sites excluding steroid dienone is 1. The predicted octanol–water partition coefficient (Wildman–Crippen LogP) is 5.21. The van der Waals surface area contributed by atoms with E-state index in [-0.39, 0.29) is 27.4 Å². The van der Waals surface area contributed by atoms with Crippen molar-refractivity contribution < 1.29 is 13.6 Å². The number of carbonyl (C=O) groups excluding carboxylic acids is 1. The summed E-state index contributed by atoms with van der Waals surface area (Å²) in [7, 11) is 0. The van der Waals surface area contributed by atoms with Crippen LogP contribution in [-0.4, -0.2) is 10.5 Å². The van der Waals surface area contributed by atoms with Crippen LogP contribution in [0.4, 0.5) is 8.78 Å². The molecule has 3 aromatic rings. The van der Waals surface area contributed by atoms with Crippen LogP contribution >= 0.6 is 34.5 Å². The molecule has 1 heterocycles. The Hall–Kier alpha value is -2.02. The molecule has 0 bridgehead atoms. The van der Waals surface area contributed by atoms with E-state index >= 15 is 0 Å². The van der Waals surface area contributed by atoms with Gasteiger partial charge in [-0.15, -0.1) is 6.58 Å². The molecule has 2 aromatic carbocycles. The summed E-state index contributed by atoms with van der Waals surface area (Å²) >= 11 is 12.9. The fourth-order valence-corrected chi connectivity index (χ4v) is 3.77. The second-order valence-corrected chi connectivity index (χ2v) is 6.91. The molecule has 0 atom stereocenters. The number of hydrogen-bond donors (Lipinski definition) is 0. The molecule has 0 fully saturated rings. The van der Waals surface area contributed by atoms with Gasteiger partial charge in [-0.05, 0) is 24.3 Å². The Bertz CT molecular complexity index is 1070. The van der Waals surface area contributed by atoms with Crippen molar-refractivity contribution in [3.63, 3.8) is 0 Å². The van der Waals surface area contributed by atoms with Gasteiger partial charge in [-0.1, -0.05) is 40.6 Å². The van der Waals surface area contributed by atoms with Crippen LogP contribution in [0.5, 0.6) is 0 Å². The third kappa shape index (κ3) is 3.51. The van der Waals surface area contributed by atoms with Gasteiger partial charge in [-0.3, -0.25) is 4.79 Å². The van der Waals surface area contributed by atoms with E-state index in [9.17, 15) is 13.6 Å². The third-order valence-electron chi connectivity index (χ3n) is 3.36. The van der Waals surface area contributed by atoms with Gasteiger partial charge in [-0.2, -0.15) is 4.99 Å². The Morgan fingerprint density at radius 3 is 2.76 bits per heavy atom. The summed E-state index contributed by atoms with van der Waals surface area (Å²) in [5, 5.41) is 0.540. The maximum Gasteiger partial charge on any atom is 0.281 e. The maximum absolute atomic E-state index is 14.2. The van der Waals surface area contributed by atoms with E-state index in [1.54, 1.807) is 6.07 Å². The Morgan fingerprint density at radius 2 is 2.04 bits per heavy atom. The summed E-state index contributed by atoms with van der Waals surface area (Å²) in [5.74, 6) is -2.06. The standard InChI is InChI=1S/C17H10Cl2F2N2OS/c1-2-5-23-15-13(21)7-10(20)8-14(15)25-17(23)22-16(24)11-6-9(18)3-4-12(11)19/h2-4,6-8H,1,5H2. The van der Waals surface area contributed by atoms with Gasteiger partial charge in [0.1, 0.15) is 5.82 Å². The van der Waals surface area contributed by atoms with Crippen LogP contribution in [0.1, 0.15) is 10.4 Å². The molecule has 0 saturated carbocycles. The Labute approximate surface area is 155 Å². The van der Waals surface area contributed by atoms with Crippen molar-refractivity contribution >= 4 is 50.7 Å². The minimum Gasteiger partial charge on any atom is -0.310 e. The van der Waals surface area contributed by atoms with E-state index in [0.29, 0.717) is 9.72 Å². The summed E-state index contributed by atoms with van der Waals surface area (Å²) in [6, 6.07) is 6.42. The highest BCUT2D eigenvalue weighted by atomic mass is 35.5. The number of carbonyl (C=O) groups is 1. The van der Waals surface area contributed by atoms with E-state index in [1.807, 2.05) is 0 Å². The highest BCUT2D eigenvalue weighted by molar-refractivity contribution is 7.16. The molecule has 0 spiro atoms. The van der Waals surface area contributed by atoms with Crippen LogP contribution in [0, 0.1) is 11.6 Å². The fourth-order valence-electron chi connectivity index (χ4n) is 2.32. The Kier molecular flexibility index (Phi) is 5.03. The van der Waals surface area contributed by atoms with Crippen molar-refractivity contribution in [1.29, 1.82) is 0 Å². The van der Waals surface area contributed by atoms with Crippen LogP contribution in [0.2, 0.25) is 10.0 Å². The molecule has 0 radical (unpaired) electrons. The number of benzene rings is 2. The molecule has 0 N–H and O–H groups in total. The van der Waals surface area contributed by atoms with E-state index in [0.717, 1.165) is 17.4 Å². The third-order valence-corrected chi connectivity index (χ3v) is 4.95. The zero-order valence-corrected chi connectivity index (χ0v) is 14.9. The number of fused-ring (bicyclic) bond motifs is 1. The summed E-state index contributed by atoms with van der Waals surface area (Å²) in [6.45, 7) is 3.82. The highest BCUT2D eigenvalue weighted by Gasteiger charge is 2.15. The average molecular weight is 399 g/mol. The van der Waals surface area contributed by atoms with Crippen LogP contribution in [0.3, 0.4) is 0 Å². The summed E-state index contributed by atoms with van der Waals surface area (Å²) in [4.78, 5) is 16.7. The molecule has 0 aliphatic carbocycles. The van der Waals surface area contributed by atoms with E-state index in [1.165, 1.54) is 28.8 Å². The van der Waals surface area contributed by atoms with Crippen molar-refractivity contribution in [3.05, 3.63) is 75.0 Å². The number of halogens is 4. The van der Waals surface area contributed by atoms with Gasteiger partial charge in [0.25, 0.3) is 5.91 Å². The second kappa shape index (κ2) is 7.07. The maximum atomic E-state index is 14.2. The highest BCUT2D eigenvalue weighted by Crippen LogP contribution is 2.24. The molecular weight excluding hydrogens is 389 g/mol. The lowest BCUT2D eigenvalue weighted by Crippen LogP contribution is -2.17. The first-order valence-corrected chi connectivity index (χ1v) is 8.61. The number of thiazole rings is 1. The molecule has 3 rings (SSSR count). The van der Waals surface area contributed by atoms with Gasteiger partial charge in [0, 0.05) is 17.6 Å². The monoisotopic (exact) mass is 398 g/mol. The number of hydrogen-bond acceptors (Lipinski definition) is 2. The molecule has 0 aliphatic heterocycles. The number of aromatic nitrogens is 1. The van der Waals surface area contributed by atoms with Crippen LogP contribution in [0.25, 0.3) is 10.2 Å². The van der Waals surface area contributed by atoms with Gasteiger partial charge in [-0.25, -0.2) is 8.78 Å². The van der Waals surface area contributed by atoms with Crippen molar-refractivity contribution in [3.8, 4) is 0 Å². The van der Waals surface area contributed by atoms with Gasteiger partial charge in [0.05, 0.1) is 20.8 Å². The first-order valence-electron chi connectivity index (χ1n) is 7.04. The average Bonchev–Trinajstić information content (AvgIpc) is 2.87. The lowest BCUT2D eigenvalue weighted by Gasteiger charge is -2.03. The van der Waals surface area contributed by atoms with E-state index < -0.39 is 17.5 Å². The predicted molar refractivity (Wildman–Crippen MR) is 96.3 cm³/mol. The lowest BCUT2D eigenvalue weighted by atomic mass is 10.2. The summed E-state index contributed by atoms with van der Waals surface area (Å²) < 4.78 is 29.4. The Balaban J connectivity index is 2.23. The molecule has 1 aromatic heterocycles. The van der Waals surface area contributed by atoms with Gasteiger partial charge >= 0.3 is 0 Å². The topological polar surface area (TPSA) is 34.4 Å². The largest absolute Gasteiger partial charge is 0.310 e. The zero-order valence-electron chi connectivity index (χ0n) is 12.6. The van der Waals surface area contributed by atoms with Crippen molar-refractivity contribution in [2.24, 2.45) is 4.99 Å². The molecule has 1 amide bonds. The summed E-state index contributed by atoms with van der Waals surface area (Å²) in [6.07, 6.45) is 1.53. The second-order valence-electron chi connectivity index (χ2n) is 5.06.